The van der Waals surface area contributed by atoms with Crippen molar-refractivity contribution in [2.45, 2.75) is 6.04 Å². The van der Waals surface area contributed by atoms with Gasteiger partial charge in [0.25, 0.3) is 5.91 Å². The van der Waals surface area contributed by atoms with Crippen molar-refractivity contribution in [1.29, 1.82) is 0 Å². The minimum absolute atomic E-state index is 0.102. The number of rotatable bonds is 2. The molecule has 1 saturated heterocycles. The number of carbonyl (C=O) groups is 1. The molecule has 1 amide bonds. The Morgan fingerprint density at radius 3 is 3.06 bits per heavy atom. The van der Waals surface area contributed by atoms with Crippen LogP contribution in [0.15, 0.2) is 18.2 Å². The molecule has 1 heterocycles. The van der Waals surface area contributed by atoms with Crippen molar-refractivity contribution in [3.63, 3.8) is 0 Å². The lowest BCUT2D eigenvalue weighted by Crippen LogP contribution is -2.49. The number of phenols is 1. The SMILES string of the molecule is O=C(c1ccc(I)c(O)c1)N1CCOCC1CCl. The van der Waals surface area contributed by atoms with Crippen LogP contribution in [0.25, 0.3) is 0 Å². The fourth-order valence-electron chi connectivity index (χ4n) is 1.86. The number of halogens is 2. The molecule has 1 aromatic carbocycles. The molecule has 1 atom stereocenters. The van der Waals surface area contributed by atoms with Gasteiger partial charge in [0.2, 0.25) is 0 Å². The predicted molar refractivity (Wildman–Crippen MR) is 77.2 cm³/mol. The number of hydrogen-bond donors (Lipinski definition) is 1. The maximum Gasteiger partial charge on any atom is 0.254 e. The summed E-state index contributed by atoms with van der Waals surface area (Å²) in [6, 6.07) is 4.82. The van der Waals surface area contributed by atoms with Crippen molar-refractivity contribution in [2.75, 3.05) is 25.6 Å². The number of amides is 1. The third kappa shape index (κ3) is 2.89. The van der Waals surface area contributed by atoms with Gasteiger partial charge in [0.15, 0.2) is 0 Å². The molecule has 0 bridgehead atoms. The van der Waals surface area contributed by atoms with Crippen LogP contribution in [-0.2, 0) is 4.74 Å². The van der Waals surface area contributed by atoms with E-state index < -0.39 is 0 Å². The highest BCUT2D eigenvalue weighted by Gasteiger charge is 2.27. The largest absolute Gasteiger partial charge is 0.507 e. The Morgan fingerprint density at radius 2 is 2.39 bits per heavy atom. The zero-order valence-corrected chi connectivity index (χ0v) is 12.5. The lowest BCUT2D eigenvalue weighted by atomic mass is 10.1. The molecule has 1 fully saturated rings. The van der Waals surface area contributed by atoms with Gasteiger partial charge in [-0.3, -0.25) is 4.79 Å². The molecule has 0 radical (unpaired) electrons. The first kappa shape index (κ1) is 13.9. The fraction of sp³-hybridized carbons (Fsp3) is 0.417. The summed E-state index contributed by atoms with van der Waals surface area (Å²) >= 11 is 7.85. The maximum atomic E-state index is 12.3. The number of ether oxygens (including phenoxy) is 1. The molecule has 0 saturated carbocycles. The minimum atomic E-state index is -0.115. The van der Waals surface area contributed by atoms with Crippen LogP contribution in [0.5, 0.6) is 5.75 Å². The Labute approximate surface area is 124 Å². The van der Waals surface area contributed by atoms with Gasteiger partial charge in [-0.05, 0) is 40.8 Å². The van der Waals surface area contributed by atoms with E-state index in [0.29, 0.717) is 31.2 Å². The Kier molecular flexibility index (Phi) is 4.69. The van der Waals surface area contributed by atoms with Crippen molar-refractivity contribution in [3.8, 4) is 5.75 Å². The van der Waals surface area contributed by atoms with Crippen molar-refractivity contribution in [3.05, 3.63) is 27.3 Å². The quantitative estimate of drug-likeness (QED) is 0.630. The third-order valence-corrected chi connectivity index (χ3v) is 4.13. The van der Waals surface area contributed by atoms with Gasteiger partial charge in [-0.25, -0.2) is 0 Å². The topological polar surface area (TPSA) is 49.8 Å². The highest BCUT2D eigenvalue weighted by Crippen LogP contribution is 2.22. The summed E-state index contributed by atoms with van der Waals surface area (Å²) in [5.74, 6) is 0.357. The summed E-state index contributed by atoms with van der Waals surface area (Å²) in [4.78, 5) is 14.0. The predicted octanol–water partition coefficient (Wildman–Crippen LogP) is 2.08. The van der Waals surface area contributed by atoms with Gasteiger partial charge in [-0.2, -0.15) is 0 Å². The van der Waals surface area contributed by atoms with Gasteiger partial charge in [-0.1, -0.05) is 0 Å². The number of phenolic OH excluding ortho intramolecular Hbond substituents is 1. The van der Waals surface area contributed by atoms with Crippen LogP contribution in [0.2, 0.25) is 0 Å². The average Bonchev–Trinajstić information content (AvgIpc) is 2.41. The van der Waals surface area contributed by atoms with E-state index in [0.717, 1.165) is 3.57 Å². The molecule has 1 aromatic rings. The third-order valence-electron chi connectivity index (χ3n) is 2.86. The Bertz CT molecular complexity index is 455. The zero-order valence-electron chi connectivity index (χ0n) is 9.60. The highest BCUT2D eigenvalue weighted by atomic mass is 127. The van der Waals surface area contributed by atoms with E-state index in [9.17, 15) is 9.90 Å². The summed E-state index contributed by atoms with van der Waals surface area (Å²) in [5, 5.41) is 9.64. The number of carbonyl (C=O) groups excluding carboxylic acids is 1. The van der Waals surface area contributed by atoms with Gasteiger partial charge < -0.3 is 14.7 Å². The van der Waals surface area contributed by atoms with Crippen molar-refractivity contribution in [1.82, 2.24) is 4.90 Å². The average molecular weight is 382 g/mol. The first-order chi connectivity index (χ1) is 8.63. The number of alkyl halides is 1. The lowest BCUT2D eigenvalue weighted by molar-refractivity contribution is 0.00454. The highest BCUT2D eigenvalue weighted by molar-refractivity contribution is 14.1. The molecule has 1 unspecified atom stereocenters. The monoisotopic (exact) mass is 381 g/mol. The summed E-state index contributed by atoms with van der Waals surface area (Å²) in [6.45, 7) is 1.52. The van der Waals surface area contributed by atoms with Crippen LogP contribution in [0, 0.1) is 3.57 Å². The van der Waals surface area contributed by atoms with Crippen molar-refractivity contribution >= 4 is 40.1 Å². The second kappa shape index (κ2) is 6.08. The second-order valence-electron chi connectivity index (χ2n) is 4.05. The molecular formula is C12H13ClINO3. The van der Waals surface area contributed by atoms with E-state index >= 15 is 0 Å². The van der Waals surface area contributed by atoms with Crippen molar-refractivity contribution in [2.24, 2.45) is 0 Å². The summed E-state index contributed by atoms with van der Waals surface area (Å²) in [6.07, 6.45) is 0. The van der Waals surface area contributed by atoms with E-state index in [2.05, 4.69) is 0 Å². The van der Waals surface area contributed by atoms with Crippen LogP contribution < -0.4 is 0 Å². The van der Waals surface area contributed by atoms with E-state index in [4.69, 9.17) is 16.3 Å². The Morgan fingerprint density at radius 1 is 1.61 bits per heavy atom. The summed E-state index contributed by atoms with van der Waals surface area (Å²) < 4.78 is 6.03. The molecule has 6 heteroatoms. The van der Waals surface area contributed by atoms with Gasteiger partial charge >= 0.3 is 0 Å². The molecule has 18 heavy (non-hydrogen) atoms. The van der Waals surface area contributed by atoms with Gasteiger partial charge in [0.05, 0.1) is 22.8 Å². The van der Waals surface area contributed by atoms with Gasteiger partial charge in [0.1, 0.15) is 5.75 Å². The van der Waals surface area contributed by atoms with Crippen LogP contribution in [0.3, 0.4) is 0 Å². The zero-order chi connectivity index (χ0) is 13.1. The van der Waals surface area contributed by atoms with E-state index in [1.54, 1.807) is 17.0 Å². The second-order valence-corrected chi connectivity index (χ2v) is 5.52. The van der Waals surface area contributed by atoms with E-state index in [1.165, 1.54) is 6.07 Å². The smallest absolute Gasteiger partial charge is 0.254 e. The maximum absolute atomic E-state index is 12.3. The number of hydrogen-bond acceptors (Lipinski definition) is 3. The molecular weight excluding hydrogens is 368 g/mol. The van der Waals surface area contributed by atoms with Crippen LogP contribution in [0.1, 0.15) is 10.4 Å². The Hall–Kier alpha value is -0.530. The van der Waals surface area contributed by atoms with E-state index in [1.807, 2.05) is 22.6 Å². The number of aromatic hydroxyl groups is 1. The number of nitrogens with zero attached hydrogens (tertiary/aromatic N) is 1. The molecule has 98 valence electrons. The van der Waals surface area contributed by atoms with Crippen molar-refractivity contribution < 1.29 is 14.6 Å². The molecule has 0 aromatic heterocycles. The molecule has 0 aliphatic carbocycles. The first-order valence-corrected chi connectivity index (χ1v) is 7.18. The fourth-order valence-corrected chi connectivity index (χ4v) is 2.45. The lowest BCUT2D eigenvalue weighted by Gasteiger charge is -2.34. The standard InChI is InChI=1S/C12H13ClINO3/c13-6-9-7-18-4-3-15(9)12(17)8-1-2-10(14)11(16)5-8/h1-2,5,9,16H,3-4,6-7H2. The molecule has 0 spiro atoms. The van der Waals surface area contributed by atoms with Gasteiger partial charge in [0, 0.05) is 18.0 Å². The van der Waals surface area contributed by atoms with Crippen LogP contribution in [-0.4, -0.2) is 47.6 Å². The number of benzene rings is 1. The Balaban J connectivity index is 2.21. The van der Waals surface area contributed by atoms with Gasteiger partial charge in [-0.15, -0.1) is 11.6 Å². The molecule has 1 aliphatic heterocycles. The first-order valence-electron chi connectivity index (χ1n) is 5.56. The molecule has 1 aliphatic rings. The summed E-state index contributed by atoms with van der Waals surface area (Å²) in [7, 11) is 0. The minimum Gasteiger partial charge on any atom is -0.507 e. The normalized spacial score (nSPS) is 19.9. The summed E-state index contributed by atoms with van der Waals surface area (Å²) in [5.41, 5.74) is 0.477. The molecule has 1 N–H and O–H groups in total. The van der Waals surface area contributed by atoms with E-state index in [-0.39, 0.29) is 17.7 Å². The van der Waals surface area contributed by atoms with Crippen LogP contribution in [0.4, 0.5) is 0 Å². The molecule has 2 rings (SSSR count). The molecule has 4 nitrogen and oxygen atoms in total. The number of morpholine rings is 1. The van der Waals surface area contributed by atoms with Crippen LogP contribution >= 0.6 is 34.2 Å².